The smallest absolute Gasteiger partial charge is 0.402 e. The minimum atomic E-state index is -4.39. The molecule has 0 fully saturated rings. The molecule has 0 unspecified atom stereocenters. The number of benzene rings is 1. The van der Waals surface area contributed by atoms with Gasteiger partial charge in [-0.1, -0.05) is 23.8 Å². The van der Waals surface area contributed by atoms with Crippen LogP contribution in [0.2, 0.25) is 5.02 Å². The molecule has 0 radical (unpaired) electrons. The van der Waals surface area contributed by atoms with Crippen molar-refractivity contribution in [2.24, 2.45) is 0 Å². The fourth-order valence-electron chi connectivity index (χ4n) is 1.25. The third kappa shape index (κ3) is 7.43. The van der Waals surface area contributed by atoms with E-state index in [0.717, 1.165) is 12.2 Å². The lowest BCUT2D eigenvalue weighted by molar-refractivity contribution is -0.126. The molecular formula is C14H16ClN2O6P. The molecule has 2 amide bonds. The zero-order chi connectivity index (χ0) is 18.0. The van der Waals surface area contributed by atoms with Crippen LogP contribution in [-0.4, -0.2) is 11.8 Å². The molecule has 0 aliphatic carbocycles. The SMILES string of the molecule is C/C=C/C(=O)NOP(=O)(ONC(=O)/C=C/C)Oc1ccc(Cl)cc1. The highest BCUT2D eigenvalue weighted by atomic mass is 35.5. The van der Waals surface area contributed by atoms with E-state index in [9.17, 15) is 14.2 Å². The van der Waals surface area contributed by atoms with Gasteiger partial charge in [0.15, 0.2) is 0 Å². The van der Waals surface area contributed by atoms with E-state index in [1.165, 1.54) is 36.4 Å². The van der Waals surface area contributed by atoms with E-state index in [0.29, 0.717) is 5.02 Å². The van der Waals surface area contributed by atoms with Gasteiger partial charge < -0.3 is 4.52 Å². The van der Waals surface area contributed by atoms with Crippen molar-refractivity contribution in [3.8, 4) is 5.75 Å². The van der Waals surface area contributed by atoms with Gasteiger partial charge in [-0.15, -0.1) is 0 Å². The molecule has 0 aliphatic heterocycles. The molecule has 2 N–H and O–H groups in total. The summed E-state index contributed by atoms with van der Waals surface area (Å²) in [5.74, 6) is -1.30. The van der Waals surface area contributed by atoms with Crippen LogP contribution in [0.3, 0.4) is 0 Å². The van der Waals surface area contributed by atoms with Gasteiger partial charge in [0.2, 0.25) is 0 Å². The molecule has 0 bridgehead atoms. The number of hydrogen-bond donors (Lipinski definition) is 2. The summed E-state index contributed by atoms with van der Waals surface area (Å²) < 4.78 is 27.0. The number of rotatable bonds is 8. The quantitative estimate of drug-likeness (QED) is 0.412. The predicted octanol–water partition coefficient (Wildman–Crippen LogP) is 3.07. The van der Waals surface area contributed by atoms with Crippen LogP contribution in [0.15, 0.2) is 48.6 Å². The Balaban J connectivity index is 2.83. The number of phosphoric acid groups is 1. The second-order valence-corrected chi connectivity index (χ2v) is 5.99. The lowest BCUT2D eigenvalue weighted by Crippen LogP contribution is -2.27. The van der Waals surface area contributed by atoms with Gasteiger partial charge in [0.25, 0.3) is 11.8 Å². The van der Waals surface area contributed by atoms with Crippen molar-refractivity contribution in [2.75, 3.05) is 0 Å². The first-order chi connectivity index (χ1) is 11.4. The first-order valence-electron chi connectivity index (χ1n) is 6.66. The van der Waals surface area contributed by atoms with Gasteiger partial charge in [-0.2, -0.15) is 9.25 Å². The lowest BCUT2D eigenvalue weighted by Gasteiger charge is -2.17. The summed E-state index contributed by atoms with van der Waals surface area (Å²) in [5.41, 5.74) is 3.75. The lowest BCUT2D eigenvalue weighted by atomic mass is 10.3. The highest BCUT2D eigenvalue weighted by Gasteiger charge is 2.32. The first-order valence-corrected chi connectivity index (χ1v) is 8.50. The molecule has 0 atom stereocenters. The van der Waals surface area contributed by atoms with Crippen molar-refractivity contribution >= 4 is 31.2 Å². The Morgan fingerprint density at radius 2 is 1.46 bits per heavy atom. The average Bonchev–Trinajstić information content (AvgIpc) is 2.54. The second kappa shape index (κ2) is 9.89. The molecule has 0 aliphatic rings. The molecule has 8 nitrogen and oxygen atoms in total. The van der Waals surface area contributed by atoms with Gasteiger partial charge in [-0.3, -0.25) is 9.59 Å². The largest absolute Gasteiger partial charge is 0.574 e. The molecule has 10 heteroatoms. The minimum Gasteiger partial charge on any atom is -0.402 e. The van der Waals surface area contributed by atoms with Crippen molar-refractivity contribution in [1.29, 1.82) is 0 Å². The molecule has 24 heavy (non-hydrogen) atoms. The van der Waals surface area contributed by atoms with E-state index < -0.39 is 19.6 Å². The Hall–Kier alpha value is -2.12. The normalized spacial score (nSPS) is 11.6. The van der Waals surface area contributed by atoms with E-state index in [2.05, 4.69) is 0 Å². The number of hydroxylamine groups is 2. The fourth-order valence-corrected chi connectivity index (χ4v) is 2.27. The van der Waals surface area contributed by atoms with Crippen LogP contribution in [0, 0.1) is 0 Å². The maximum Gasteiger partial charge on any atom is 0.574 e. The van der Waals surface area contributed by atoms with E-state index >= 15 is 0 Å². The van der Waals surface area contributed by atoms with Gasteiger partial charge >= 0.3 is 7.82 Å². The molecule has 0 heterocycles. The Bertz CT molecular complexity index is 642. The maximum atomic E-state index is 12.5. The topological polar surface area (TPSA) is 103 Å². The van der Waals surface area contributed by atoms with E-state index in [-0.39, 0.29) is 5.75 Å². The summed E-state index contributed by atoms with van der Waals surface area (Å²) in [4.78, 5) is 22.7. The van der Waals surface area contributed by atoms with Crippen molar-refractivity contribution in [2.45, 2.75) is 13.8 Å². The molecule has 0 spiro atoms. The van der Waals surface area contributed by atoms with E-state index in [4.69, 9.17) is 25.4 Å². The molecule has 0 saturated heterocycles. The third-order valence-electron chi connectivity index (χ3n) is 2.18. The highest BCUT2D eigenvalue weighted by Crippen LogP contribution is 2.47. The summed E-state index contributed by atoms with van der Waals surface area (Å²) >= 11 is 5.74. The molecule has 130 valence electrons. The molecule has 1 aromatic carbocycles. The van der Waals surface area contributed by atoms with Crippen molar-refractivity contribution in [3.63, 3.8) is 0 Å². The van der Waals surface area contributed by atoms with Crippen LogP contribution < -0.4 is 15.5 Å². The molecule has 0 saturated carbocycles. The average molecular weight is 375 g/mol. The Morgan fingerprint density at radius 3 is 1.88 bits per heavy atom. The Kier molecular flexibility index (Phi) is 8.21. The number of nitrogens with one attached hydrogen (secondary N) is 2. The van der Waals surface area contributed by atoms with Gasteiger partial charge in [0.1, 0.15) is 5.75 Å². The van der Waals surface area contributed by atoms with E-state index in [1.807, 2.05) is 11.0 Å². The van der Waals surface area contributed by atoms with Crippen LogP contribution in [0.4, 0.5) is 0 Å². The maximum absolute atomic E-state index is 12.5. The summed E-state index contributed by atoms with van der Waals surface area (Å²) in [7, 11) is -4.39. The molecular weight excluding hydrogens is 359 g/mol. The van der Waals surface area contributed by atoms with Gasteiger partial charge in [0.05, 0.1) is 0 Å². The van der Waals surface area contributed by atoms with Crippen molar-refractivity contribution in [1.82, 2.24) is 11.0 Å². The minimum absolute atomic E-state index is 0.0864. The predicted molar refractivity (Wildman–Crippen MR) is 87.8 cm³/mol. The first kappa shape index (κ1) is 19.9. The number of amides is 2. The number of carbonyl (C=O) groups excluding carboxylic acids is 2. The van der Waals surface area contributed by atoms with Gasteiger partial charge in [0, 0.05) is 17.2 Å². The summed E-state index contributed by atoms with van der Waals surface area (Å²) in [5, 5.41) is 0.432. The van der Waals surface area contributed by atoms with Gasteiger partial charge in [-0.25, -0.2) is 15.5 Å². The zero-order valence-corrected chi connectivity index (χ0v) is 14.5. The molecule has 1 rings (SSSR count). The van der Waals surface area contributed by atoms with Crippen LogP contribution in [0.1, 0.15) is 13.8 Å². The van der Waals surface area contributed by atoms with Crippen LogP contribution in [0.25, 0.3) is 0 Å². The standard InChI is InChI=1S/C14H16ClN2O6P/c1-3-5-13(18)16-22-24(20,23-17-14(19)6-4-2)21-12-9-7-11(15)8-10-12/h3-10H,1-2H3,(H,16,18)(H,17,19)/b5-3+,6-4+. The summed E-state index contributed by atoms with van der Waals surface area (Å²) in [6, 6.07) is 5.78. The fraction of sp³-hybridized carbons (Fsp3) is 0.143. The molecule has 1 aromatic rings. The Morgan fingerprint density at radius 1 is 1.00 bits per heavy atom. The highest BCUT2D eigenvalue weighted by molar-refractivity contribution is 7.48. The number of carbonyl (C=O) groups is 2. The summed E-state index contributed by atoms with van der Waals surface area (Å²) in [6.07, 6.45) is 5.15. The Labute approximate surface area is 143 Å². The number of hydrogen-bond acceptors (Lipinski definition) is 6. The van der Waals surface area contributed by atoms with Crippen LogP contribution in [0.5, 0.6) is 5.75 Å². The van der Waals surface area contributed by atoms with Crippen molar-refractivity contribution in [3.05, 3.63) is 53.6 Å². The summed E-state index contributed by atoms with van der Waals surface area (Å²) in [6.45, 7) is 3.22. The van der Waals surface area contributed by atoms with Gasteiger partial charge in [-0.05, 0) is 38.1 Å². The number of allylic oxidation sites excluding steroid dienone is 2. The second-order valence-electron chi connectivity index (χ2n) is 4.11. The molecule has 0 aromatic heterocycles. The number of halogens is 1. The van der Waals surface area contributed by atoms with Crippen molar-refractivity contribution < 1.29 is 27.9 Å². The third-order valence-corrected chi connectivity index (χ3v) is 3.50. The monoisotopic (exact) mass is 374 g/mol. The van der Waals surface area contributed by atoms with Crippen LogP contribution >= 0.6 is 19.4 Å². The van der Waals surface area contributed by atoms with Crippen LogP contribution in [-0.2, 0) is 23.4 Å². The zero-order valence-electron chi connectivity index (χ0n) is 12.9. The van der Waals surface area contributed by atoms with E-state index in [1.54, 1.807) is 13.8 Å².